The largest absolute Gasteiger partial charge is 0.780 e. The molecule has 0 aliphatic carbocycles. The standard InChI is InChI=1S/C25H30N10O9P2S2.2CH4/c1-12-18-14-7-40-46(38,48)44-19-17(36)13(6-39-45(37,47)43-18)41-25(19)35-11-33-16-21(29-9-31-23(16)35)27-5-3-2-4-26-20-15-22(30-8-28-20)34(10-32-15)24(12)42-14;;/h2-3,8-14,17-19,24-25,36H,4-7H2,1H3,(H,37,47)(H,38,48)(H,26,28,30)(H,27,29,31);2*1H4/p-2/t12-,13-,14-,17-,18+,19-,24-,25?,45?,46?;;/m1../s1. The third-order valence-electron chi connectivity index (χ3n) is 8.46. The van der Waals surface area contributed by atoms with Gasteiger partial charge in [0.2, 0.25) is 6.80 Å². The van der Waals surface area contributed by atoms with Gasteiger partial charge in [0.05, 0.1) is 32.0 Å². The first-order valence-electron chi connectivity index (χ1n) is 14.8. The quantitative estimate of drug-likeness (QED) is 0.132. The topological polar surface area (TPSA) is 227 Å². The minimum absolute atomic E-state index is 0. The predicted molar refractivity (Wildman–Crippen MR) is 184 cm³/mol. The Morgan fingerprint density at radius 1 is 0.860 bits per heavy atom. The molecule has 23 heteroatoms. The van der Waals surface area contributed by atoms with Crippen LogP contribution in [0.2, 0.25) is 0 Å². The molecule has 19 nitrogen and oxygen atoms in total. The summed E-state index contributed by atoms with van der Waals surface area (Å²) in [5.74, 6) is 0.398. The maximum Gasteiger partial charge on any atom is 0.200 e. The highest BCUT2D eigenvalue weighted by molar-refractivity contribution is 8.32. The molecule has 8 rings (SSSR count). The van der Waals surface area contributed by atoms with E-state index in [1.54, 1.807) is 17.8 Å². The van der Waals surface area contributed by atoms with E-state index in [0.29, 0.717) is 47.1 Å². The lowest BCUT2D eigenvalue weighted by atomic mass is 10.0. The maximum atomic E-state index is 13.7. The Kier molecular flexibility index (Phi) is 10.7. The molecule has 3 unspecified atom stereocenters. The number of nitrogens with one attached hydrogen (secondary N) is 2. The SMILES string of the molecule is C.C.C[C@@H]1[C@@H]2OP([O-])(=S)OC[C@H]3OC4[C@H](OP(=O)([S-])OC[C@H]2O[C@H]1n1cnc2c(ncnc21)NCC=CCNc1ncnc2c1ncn24)[C@@H]3O. The van der Waals surface area contributed by atoms with Crippen LogP contribution < -0.4 is 15.5 Å². The Hall–Kier alpha value is -2.65. The minimum Gasteiger partial charge on any atom is -0.780 e. The first kappa shape index (κ1) is 37.1. The van der Waals surface area contributed by atoms with E-state index in [2.05, 4.69) is 40.5 Å². The smallest absolute Gasteiger partial charge is 0.200 e. The van der Waals surface area contributed by atoms with Crippen LogP contribution in [0.5, 0.6) is 0 Å². The second-order valence-corrected chi connectivity index (χ2v) is 16.8. The molecule has 0 spiro atoms. The lowest BCUT2D eigenvalue weighted by molar-refractivity contribution is -0.216. The zero-order chi connectivity index (χ0) is 33.2. The van der Waals surface area contributed by atoms with Crippen LogP contribution in [-0.4, -0.2) is 101 Å². The first-order valence-corrected chi connectivity index (χ1v) is 19.9. The molecule has 50 heavy (non-hydrogen) atoms. The lowest BCUT2D eigenvalue weighted by Crippen LogP contribution is -2.35. The Morgan fingerprint density at radius 3 is 2.04 bits per heavy atom. The summed E-state index contributed by atoms with van der Waals surface area (Å²) in [5, 5.41) is 17.8. The maximum absolute atomic E-state index is 13.7. The summed E-state index contributed by atoms with van der Waals surface area (Å²) in [6, 6.07) is 0. The Bertz CT molecular complexity index is 1990. The summed E-state index contributed by atoms with van der Waals surface area (Å²) in [5.41, 5.74) is 1.65. The number of nitrogens with zero attached hydrogens (tertiary/aromatic N) is 8. The van der Waals surface area contributed by atoms with Gasteiger partial charge in [0.25, 0.3) is 0 Å². The zero-order valence-corrected chi connectivity index (χ0v) is 28.3. The van der Waals surface area contributed by atoms with Crippen molar-refractivity contribution in [2.75, 3.05) is 36.9 Å². The number of anilines is 2. The Labute approximate surface area is 297 Å². The number of aliphatic hydroxyl groups is 1. The zero-order valence-electron chi connectivity index (χ0n) is 24.9. The van der Waals surface area contributed by atoms with Crippen LogP contribution in [0, 0.1) is 5.92 Å². The normalized spacial score (nSPS) is 35.8. The fourth-order valence-corrected chi connectivity index (χ4v) is 9.09. The number of hydrogen-bond acceptors (Lipinski definition) is 19. The second-order valence-electron chi connectivity index (χ2n) is 11.4. The molecule has 4 aromatic rings. The van der Waals surface area contributed by atoms with Gasteiger partial charge in [-0.05, 0) is 0 Å². The van der Waals surface area contributed by atoms with E-state index in [4.69, 9.17) is 51.6 Å². The van der Waals surface area contributed by atoms with Crippen molar-refractivity contribution >= 4 is 71.5 Å². The summed E-state index contributed by atoms with van der Waals surface area (Å²) in [6.45, 7) is -6.83. The van der Waals surface area contributed by atoms with Crippen LogP contribution in [0.4, 0.5) is 11.6 Å². The highest BCUT2D eigenvalue weighted by Crippen LogP contribution is 2.54. The molecular formula is C27H36N10O9P2S2-2. The van der Waals surface area contributed by atoms with Crippen molar-refractivity contribution in [1.82, 2.24) is 39.0 Å². The molecular weight excluding hydrogens is 734 g/mol. The van der Waals surface area contributed by atoms with Crippen molar-refractivity contribution < 1.29 is 42.1 Å². The molecule has 0 saturated carbocycles. The van der Waals surface area contributed by atoms with Gasteiger partial charge in [-0.1, -0.05) is 45.7 Å². The molecule has 3 saturated heterocycles. The molecule has 3 N–H and O–H groups in total. The van der Waals surface area contributed by atoms with Gasteiger partial charge < -0.3 is 60.5 Å². The number of rotatable bonds is 0. The summed E-state index contributed by atoms with van der Waals surface area (Å²) < 4.78 is 52.4. The van der Waals surface area contributed by atoms with E-state index in [0.717, 1.165) is 0 Å². The third kappa shape index (κ3) is 6.82. The van der Waals surface area contributed by atoms with E-state index in [1.807, 2.05) is 12.2 Å². The molecule has 3 fully saturated rings. The second kappa shape index (κ2) is 14.4. The van der Waals surface area contributed by atoms with Crippen LogP contribution in [0.25, 0.3) is 22.3 Å². The number of aliphatic hydroxyl groups excluding tert-OH is 1. The van der Waals surface area contributed by atoms with E-state index in [9.17, 15) is 14.6 Å². The third-order valence-corrected chi connectivity index (χ3v) is 11.5. The van der Waals surface area contributed by atoms with E-state index in [-0.39, 0.29) is 14.9 Å². The Morgan fingerprint density at radius 2 is 1.42 bits per heavy atom. The first-order chi connectivity index (χ1) is 23.1. The van der Waals surface area contributed by atoms with Gasteiger partial charge in [-0.2, -0.15) is 0 Å². The number of aromatic nitrogens is 8. The van der Waals surface area contributed by atoms with Crippen LogP contribution >= 0.6 is 13.5 Å². The predicted octanol–water partition coefficient (Wildman–Crippen LogP) is 2.18. The average molecular weight is 771 g/mol. The monoisotopic (exact) mass is 770 g/mol. The van der Waals surface area contributed by atoms with E-state index >= 15 is 0 Å². The number of fused-ring (bicyclic) bond motifs is 7. The van der Waals surface area contributed by atoms with Gasteiger partial charge in [-0.25, -0.2) is 29.9 Å². The van der Waals surface area contributed by atoms with Crippen molar-refractivity contribution in [2.24, 2.45) is 5.92 Å². The van der Waals surface area contributed by atoms with Gasteiger partial charge in [-0.15, -0.1) is 0 Å². The number of imidazole rings is 2. The van der Waals surface area contributed by atoms with Crippen LogP contribution in [-0.2, 0) is 56.2 Å². The van der Waals surface area contributed by atoms with Crippen molar-refractivity contribution in [3.63, 3.8) is 0 Å². The van der Waals surface area contributed by atoms with Crippen LogP contribution in [0.1, 0.15) is 34.2 Å². The fraction of sp³-hybridized carbons (Fsp3) is 0.556. The summed E-state index contributed by atoms with van der Waals surface area (Å²) in [6.07, 6.45) is 1.64. The van der Waals surface area contributed by atoms with Crippen LogP contribution in [0.3, 0.4) is 0 Å². The number of ether oxygens (including phenoxy) is 2. The van der Waals surface area contributed by atoms with Gasteiger partial charge in [0.15, 0.2) is 40.2 Å². The Balaban J connectivity index is 0.00000216. The van der Waals surface area contributed by atoms with Gasteiger partial charge >= 0.3 is 0 Å². The van der Waals surface area contributed by atoms with E-state index in [1.165, 1.54) is 23.5 Å². The van der Waals surface area contributed by atoms with Crippen molar-refractivity contribution in [3.8, 4) is 0 Å². The molecule has 10 atom stereocenters. The van der Waals surface area contributed by atoms with Crippen molar-refractivity contribution in [3.05, 3.63) is 37.5 Å². The molecule has 0 aromatic carbocycles. The number of hydrogen-bond donors (Lipinski definition) is 3. The van der Waals surface area contributed by atoms with Crippen LogP contribution in [0.15, 0.2) is 37.5 Å². The minimum atomic E-state index is -4.35. The summed E-state index contributed by atoms with van der Waals surface area (Å²) >= 11 is 10.6. The molecule has 8 heterocycles. The highest BCUT2D eigenvalue weighted by Gasteiger charge is 2.50. The van der Waals surface area contributed by atoms with Gasteiger partial charge in [-0.3, -0.25) is 13.7 Å². The summed E-state index contributed by atoms with van der Waals surface area (Å²) in [4.78, 5) is 40.0. The summed E-state index contributed by atoms with van der Waals surface area (Å²) in [7, 11) is 0. The molecule has 4 aliphatic heterocycles. The lowest BCUT2D eigenvalue weighted by Gasteiger charge is -2.35. The van der Waals surface area contributed by atoms with Crippen molar-refractivity contribution in [1.29, 1.82) is 0 Å². The molecule has 272 valence electrons. The molecule has 4 aliphatic rings. The molecule has 4 aromatic heterocycles. The molecule has 0 radical (unpaired) electrons. The molecule has 0 amide bonds. The van der Waals surface area contributed by atoms with Crippen molar-refractivity contribution in [2.45, 2.75) is 64.8 Å². The van der Waals surface area contributed by atoms with E-state index < -0.39 is 75.6 Å². The van der Waals surface area contributed by atoms with Gasteiger partial charge in [0.1, 0.15) is 50.0 Å². The molecule has 12 bridgehead atoms. The van der Waals surface area contributed by atoms with Gasteiger partial charge in [0, 0.05) is 19.0 Å². The average Bonchev–Trinajstić information content (AvgIpc) is 3.81. The highest BCUT2D eigenvalue weighted by atomic mass is 32.7. The fourth-order valence-electron chi connectivity index (χ4n) is 6.19.